The highest BCUT2D eigenvalue weighted by molar-refractivity contribution is 7.89. The van der Waals surface area contributed by atoms with Gasteiger partial charge in [0.25, 0.3) is 0 Å². The molecule has 0 bridgehead atoms. The van der Waals surface area contributed by atoms with Gasteiger partial charge in [0.15, 0.2) is 0 Å². The monoisotopic (exact) mass is 338 g/mol. The number of nitrogens with one attached hydrogen (secondary N) is 1. The van der Waals surface area contributed by atoms with E-state index in [4.69, 9.17) is 0 Å². The number of benzene rings is 1. The largest absolute Gasteiger partial charge is 0.332 e. The summed E-state index contributed by atoms with van der Waals surface area (Å²) in [5.41, 5.74) is 0. The van der Waals surface area contributed by atoms with Crippen molar-refractivity contribution in [3.63, 3.8) is 0 Å². The van der Waals surface area contributed by atoms with E-state index in [1.807, 2.05) is 25.8 Å². The summed E-state index contributed by atoms with van der Waals surface area (Å²) in [4.78, 5) is 1.30. The smallest absolute Gasteiger partial charge is 0.303 e. The molecule has 1 aromatic rings. The van der Waals surface area contributed by atoms with Gasteiger partial charge in [-0.05, 0) is 45.2 Å². The second-order valence-electron chi connectivity index (χ2n) is 4.88. The Labute approximate surface area is 125 Å². The highest BCUT2D eigenvalue weighted by atomic mass is 32.3. The minimum absolute atomic E-state index is 0.109. The Hall–Kier alpha value is -1.03. The number of halogens is 1. The van der Waals surface area contributed by atoms with Crippen molar-refractivity contribution in [2.45, 2.75) is 29.7 Å². The predicted molar refractivity (Wildman–Crippen MR) is 77.7 cm³/mol. The van der Waals surface area contributed by atoms with Crippen LogP contribution in [0.25, 0.3) is 0 Å². The first-order chi connectivity index (χ1) is 9.54. The van der Waals surface area contributed by atoms with Gasteiger partial charge in [-0.2, -0.15) is 8.42 Å². The van der Waals surface area contributed by atoms with Gasteiger partial charge in [-0.3, -0.25) is 0 Å². The summed E-state index contributed by atoms with van der Waals surface area (Å²) in [7, 11) is -6.69. The molecular weight excluding hydrogens is 319 g/mol. The topological polar surface area (TPSA) is 83.6 Å². The first kappa shape index (κ1) is 18.0. The summed E-state index contributed by atoms with van der Waals surface area (Å²) in [6.07, 6.45) is 0. The van der Waals surface area contributed by atoms with E-state index in [0.29, 0.717) is 12.6 Å². The van der Waals surface area contributed by atoms with E-state index in [9.17, 15) is 20.7 Å². The van der Waals surface area contributed by atoms with E-state index in [-0.39, 0.29) is 11.4 Å². The molecule has 0 radical (unpaired) electrons. The number of hydrogen-bond donors (Lipinski definition) is 1. The van der Waals surface area contributed by atoms with Crippen molar-refractivity contribution in [3.8, 4) is 0 Å². The summed E-state index contributed by atoms with van der Waals surface area (Å²) in [5.74, 6) is 0. The lowest BCUT2D eigenvalue weighted by atomic mass is 10.3. The maximum atomic E-state index is 12.7. The molecule has 0 aliphatic carbocycles. The van der Waals surface area contributed by atoms with Crippen molar-refractivity contribution < 1.29 is 20.7 Å². The van der Waals surface area contributed by atoms with Gasteiger partial charge < -0.3 is 4.90 Å². The lowest BCUT2D eigenvalue weighted by Crippen LogP contribution is -2.36. The minimum Gasteiger partial charge on any atom is -0.303 e. The van der Waals surface area contributed by atoms with Crippen LogP contribution in [0.4, 0.5) is 3.89 Å². The van der Waals surface area contributed by atoms with Crippen LogP contribution in [0.1, 0.15) is 13.8 Å². The lowest BCUT2D eigenvalue weighted by molar-refractivity contribution is 0.278. The van der Waals surface area contributed by atoms with Crippen molar-refractivity contribution in [3.05, 3.63) is 24.3 Å². The van der Waals surface area contributed by atoms with Gasteiger partial charge in [-0.15, -0.1) is 3.89 Å². The number of rotatable bonds is 7. The Morgan fingerprint density at radius 2 is 1.57 bits per heavy atom. The molecule has 6 nitrogen and oxygen atoms in total. The van der Waals surface area contributed by atoms with Crippen LogP contribution in [0, 0.1) is 0 Å². The fourth-order valence-electron chi connectivity index (χ4n) is 1.48. The molecule has 0 heterocycles. The van der Waals surface area contributed by atoms with E-state index < -0.39 is 25.1 Å². The average molecular weight is 338 g/mol. The summed E-state index contributed by atoms with van der Waals surface area (Å²) in [5, 5.41) is 0. The molecule has 1 aromatic carbocycles. The number of nitrogens with zero attached hydrogens (tertiary/aromatic N) is 1. The van der Waals surface area contributed by atoms with E-state index in [1.165, 1.54) is 0 Å². The van der Waals surface area contributed by atoms with Crippen LogP contribution in [0.3, 0.4) is 0 Å². The molecule has 0 saturated carbocycles. The molecule has 0 unspecified atom stereocenters. The zero-order valence-electron chi connectivity index (χ0n) is 12.1. The first-order valence-corrected chi connectivity index (χ1v) is 9.15. The molecule has 0 saturated heterocycles. The molecule has 0 aliphatic rings. The third-order valence-electron chi connectivity index (χ3n) is 3.05. The van der Waals surface area contributed by atoms with Crippen molar-refractivity contribution in [2.24, 2.45) is 0 Å². The second kappa shape index (κ2) is 6.82. The van der Waals surface area contributed by atoms with Gasteiger partial charge in [0.05, 0.1) is 9.79 Å². The molecule has 0 amide bonds. The molecule has 0 atom stereocenters. The number of hydrogen-bond acceptors (Lipinski definition) is 5. The molecule has 0 aromatic heterocycles. The summed E-state index contributed by atoms with van der Waals surface area (Å²) < 4.78 is 60.4. The van der Waals surface area contributed by atoms with E-state index >= 15 is 0 Å². The van der Waals surface area contributed by atoms with Gasteiger partial charge in [0, 0.05) is 19.1 Å². The van der Waals surface area contributed by atoms with Gasteiger partial charge in [0.2, 0.25) is 10.0 Å². The van der Waals surface area contributed by atoms with E-state index in [1.54, 1.807) is 0 Å². The Morgan fingerprint density at radius 1 is 1.10 bits per heavy atom. The zero-order chi connectivity index (χ0) is 16.3. The number of sulfonamides is 1. The van der Waals surface area contributed by atoms with Crippen LogP contribution in [-0.4, -0.2) is 47.9 Å². The normalized spacial score (nSPS) is 13.0. The van der Waals surface area contributed by atoms with Crippen LogP contribution < -0.4 is 4.72 Å². The summed E-state index contributed by atoms with van der Waals surface area (Å²) in [6, 6.07) is 4.25. The van der Waals surface area contributed by atoms with Gasteiger partial charge in [-0.25, -0.2) is 13.1 Å². The standard InChI is InChI=1S/C12H19FN2O4S2/c1-10(2)15(3)9-8-14-21(18,19)12-6-4-11(5-7-12)20(13,16)17/h4-7,10,14H,8-9H2,1-3H3. The van der Waals surface area contributed by atoms with Crippen LogP contribution in [-0.2, 0) is 20.2 Å². The van der Waals surface area contributed by atoms with Crippen LogP contribution in [0.2, 0.25) is 0 Å². The minimum atomic E-state index is -4.82. The van der Waals surface area contributed by atoms with Gasteiger partial charge >= 0.3 is 10.2 Å². The van der Waals surface area contributed by atoms with Gasteiger partial charge in [-0.1, -0.05) is 0 Å². The number of likely N-dealkylation sites (N-methyl/N-ethyl adjacent to an activating group) is 1. The zero-order valence-corrected chi connectivity index (χ0v) is 13.7. The Morgan fingerprint density at radius 3 is 2.00 bits per heavy atom. The maximum Gasteiger partial charge on any atom is 0.332 e. The first-order valence-electron chi connectivity index (χ1n) is 6.28. The maximum absolute atomic E-state index is 12.7. The van der Waals surface area contributed by atoms with E-state index in [0.717, 1.165) is 24.3 Å². The van der Waals surface area contributed by atoms with Crippen LogP contribution in [0.5, 0.6) is 0 Å². The highest BCUT2D eigenvalue weighted by Gasteiger charge is 2.17. The molecule has 0 spiro atoms. The van der Waals surface area contributed by atoms with Gasteiger partial charge in [0.1, 0.15) is 0 Å². The summed E-state index contributed by atoms with van der Waals surface area (Å²) >= 11 is 0. The quantitative estimate of drug-likeness (QED) is 0.749. The van der Waals surface area contributed by atoms with Crippen LogP contribution >= 0.6 is 0 Å². The van der Waals surface area contributed by atoms with Crippen molar-refractivity contribution >= 4 is 20.2 Å². The fraction of sp³-hybridized carbons (Fsp3) is 0.500. The third kappa shape index (κ3) is 5.34. The molecule has 0 aliphatic heterocycles. The molecule has 21 heavy (non-hydrogen) atoms. The molecular formula is C12H19FN2O4S2. The molecule has 1 rings (SSSR count). The fourth-order valence-corrected chi connectivity index (χ4v) is 2.96. The van der Waals surface area contributed by atoms with Crippen molar-refractivity contribution in [1.82, 2.24) is 9.62 Å². The van der Waals surface area contributed by atoms with E-state index in [2.05, 4.69) is 4.72 Å². The SMILES string of the molecule is CC(C)N(C)CCNS(=O)(=O)c1ccc(S(=O)(=O)F)cc1. The Balaban J connectivity index is 2.75. The second-order valence-corrected chi connectivity index (χ2v) is 8.00. The molecule has 1 N–H and O–H groups in total. The Kier molecular flexibility index (Phi) is 5.85. The highest BCUT2D eigenvalue weighted by Crippen LogP contribution is 2.15. The lowest BCUT2D eigenvalue weighted by Gasteiger charge is -2.20. The predicted octanol–water partition coefficient (Wildman–Crippen LogP) is 0.963. The summed E-state index contributed by atoms with van der Waals surface area (Å²) in [6.45, 7) is 4.74. The average Bonchev–Trinajstić information content (AvgIpc) is 2.37. The van der Waals surface area contributed by atoms with Crippen molar-refractivity contribution in [1.29, 1.82) is 0 Å². The molecule has 9 heteroatoms. The molecule has 120 valence electrons. The Bertz CT molecular complexity index is 670. The van der Waals surface area contributed by atoms with Crippen molar-refractivity contribution in [2.75, 3.05) is 20.1 Å². The molecule has 0 fully saturated rings. The van der Waals surface area contributed by atoms with Crippen LogP contribution in [0.15, 0.2) is 34.1 Å². The third-order valence-corrected chi connectivity index (χ3v) is 5.37.